The highest BCUT2D eigenvalue weighted by molar-refractivity contribution is 7.90. The first kappa shape index (κ1) is 27.0. The molecule has 5 rings (SSSR count). The summed E-state index contributed by atoms with van der Waals surface area (Å²) in [6, 6.07) is 10.0. The van der Waals surface area contributed by atoms with Crippen molar-refractivity contribution in [1.29, 1.82) is 0 Å². The predicted octanol–water partition coefficient (Wildman–Crippen LogP) is 3.74. The second-order valence-corrected chi connectivity index (χ2v) is 13.9. The summed E-state index contributed by atoms with van der Waals surface area (Å²) in [6.45, 7) is 8.81. The fourth-order valence-electron chi connectivity index (χ4n) is 5.30. The van der Waals surface area contributed by atoms with E-state index in [0.29, 0.717) is 48.9 Å². The number of aliphatic hydroxyl groups is 1. The Kier molecular flexibility index (Phi) is 6.81. The van der Waals surface area contributed by atoms with E-state index < -0.39 is 27.1 Å². The van der Waals surface area contributed by atoms with Gasteiger partial charge in [0.15, 0.2) is 10.6 Å². The Bertz CT molecular complexity index is 1340. The summed E-state index contributed by atoms with van der Waals surface area (Å²) in [5.74, 6) is 0.184. The quantitative estimate of drug-likeness (QED) is 0.525. The molecule has 1 aliphatic carbocycles. The van der Waals surface area contributed by atoms with Crippen LogP contribution in [0.3, 0.4) is 0 Å². The zero-order valence-electron chi connectivity index (χ0n) is 22.0. The monoisotopic (exact) mass is 562 g/mol. The minimum Gasteiger partial charge on any atom is -0.475 e. The maximum absolute atomic E-state index is 13.3. The summed E-state index contributed by atoms with van der Waals surface area (Å²) in [7, 11) is -4.25. The average Bonchev–Trinajstić information content (AvgIpc) is 3.53. The molecular formula is C27H35ClN4O5S. The number of pyridine rings is 1. The summed E-state index contributed by atoms with van der Waals surface area (Å²) in [5.41, 5.74) is -1.16. The van der Waals surface area contributed by atoms with Crippen molar-refractivity contribution in [3.8, 4) is 5.75 Å². The topological polar surface area (TPSA) is 112 Å². The molecule has 1 aromatic carbocycles. The number of benzene rings is 1. The van der Waals surface area contributed by atoms with Crippen molar-refractivity contribution >= 4 is 39.0 Å². The number of β-amino-alcohol motifs (C(OH)–C–C–N with tert-alkyl or cyclic N) is 1. The number of hydrogen-bond donors (Lipinski definition) is 2. The van der Waals surface area contributed by atoms with Crippen LogP contribution < -0.4 is 19.3 Å². The van der Waals surface area contributed by atoms with Gasteiger partial charge in [-0.05, 0) is 55.9 Å². The summed E-state index contributed by atoms with van der Waals surface area (Å²) in [4.78, 5) is 21.6. The van der Waals surface area contributed by atoms with Crippen LogP contribution in [0.5, 0.6) is 5.75 Å². The number of halogens is 1. The maximum atomic E-state index is 13.3. The number of ether oxygens (including phenoxy) is 1. The molecule has 2 saturated heterocycles. The second kappa shape index (κ2) is 9.57. The van der Waals surface area contributed by atoms with Crippen molar-refractivity contribution in [1.82, 2.24) is 9.71 Å². The van der Waals surface area contributed by atoms with Gasteiger partial charge in [0, 0.05) is 50.1 Å². The van der Waals surface area contributed by atoms with Crippen LogP contribution in [-0.2, 0) is 14.8 Å². The highest BCUT2D eigenvalue weighted by Gasteiger charge is 2.54. The van der Waals surface area contributed by atoms with Gasteiger partial charge < -0.3 is 19.6 Å². The fraction of sp³-hybridized carbons (Fsp3) is 0.556. The molecule has 0 spiro atoms. The molecule has 0 radical (unpaired) electrons. The van der Waals surface area contributed by atoms with Crippen molar-refractivity contribution in [3.63, 3.8) is 0 Å². The van der Waals surface area contributed by atoms with Crippen LogP contribution in [0.2, 0.25) is 5.02 Å². The van der Waals surface area contributed by atoms with Crippen LogP contribution >= 0.6 is 11.6 Å². The highest BCUT2D eigenvalue weighted by Crippen LogP contribution is 2.45. The van der Waals surface area contributed by atoms with Crippen molar-refractivity contribution in [2.45, 2.75) is 69.1 Å². The smallest absolute Gasteiger partial charge is 0.281 e. The Morgan fingerprint density at radius 3 is 2.47 bits per heavy atom. The second-order valence-electron chi connectivity index (χ2n) is 11.8. The molecule has 0 bridgehead atoms. The van der Waals surface area contributed by atoms with Gasteiger partial charge in [-0.1, -0.05) is 31.5 Å². The molecule has 0 unspecified atom stereocenters. The number of nitrogens with zero attached hydrogens (tertiary/aromatic N) is 3. The highest BCUT2D eigenvalue weighted by atomic mass is 35.5. The third-order valence-corrected chi connectivity index (χ3v) is 9.04. The number of hydrogen-bond acceptors (Lipinski definition) is 8. The van der Waals surface area contributed by atoms with E-state index in [2.05, 4.69) is 28.5 Å². The Labute approximate surface area is 229 Å². The van der Waals surface area contributed by atoms with Crippen LogP contribution in [-0.4, -0.2) is 61.8 Å². The predicted molar refractivity (Wildman–Crippen MR) is 146 cm³/mol. The van der Waals surface area contributed by atoms with E-state index in [1.54, 1.807) is 31.2 Å². The van der Waals surface area contributed by atoms with Crippen molar-refractivity contribution in [2.75, 3.05) is 36.0 Å². The van der Waals surface area contributed by atoms with E-state index in [-0.39, 0.29) is 10.4 Å². The number of nitrogens with one attached hydrogen (secondary N) is 1. The molecule has 1 aromatic heterocycles. The summed E-state index contributed by atoms with van der Waals surface area (Å²) in [6.07, 6.45) is 3.51. The van der Waals surface area contributed by atoms with Gasteiger partial charge in [0.05, 0.1) is 11.3 Å². The molecule has 1 amide bonds. The van der Waals surface area contributed by atoms with E-state index in [0.717, 1.165) is 31.6 Å². The standard InChI is InChI=1S/C27H35ClN4O5S/c1-25(2)10-5-14-31(17-25)20-9-8-19(28)16-21(20)37-27(11-12-27)24(33)30-38(35,36)23-7-4-6-22(29-23)32-15-13-26(3,34)18-32/h4,6-9,16,34H,5,10-15,17-18H2,1-3H3,(H,30,33)/t26-/m0/s1. The van der Waals surface area contributed by atoms with E-state index in [1.165, 1.54) is 6.07 Å². The van der Waals surface area contributed by atoms with Gasteiger partial charge in [-0.25, -0.2) is 9.71 Å². The van der Waals surface area contributed by atoms with Crippen LogP contribution in [0, 0.1) is 5.41 Å². The largest absolute Gasteiger partial charge is 0.475 e. The molecular weight excluding hydrogens is 528 g/mol. The summed E-state index contributed by atoms with van der Waals surface area (Å²) in [5, 5.41) is 10.5. The van der Waals surface area contributed by atoms with E-state index in [9.17, 15) is 18.3 Å². The van der Waals surface area contributed by atoms with Crippen molar-refractivity contribution < 1.29 is 23.1 Å². The zero-order chi connectivity index (χ0) is 27.3. The molecule has 1 saturated carbocycles. The first-order valence-electron chi connectivity index (χ1n) is 13.0. The maximum Gasteiger partial charge on any atom is 0.281 e. The van der Waals surface area contributed by atoms with E-state index in [1.807, 2.05) is 11.0 Å². The van der Waals surface area contributed by atoms with Crippen molar-refractivity contribution in [2.24, 2.45) is 5.41 Å². The Balaban J connectivity index is 1.33. The van der Waals surface area contributed by atoms with Crippen molar-refractivity contribution in [3.05, 3.63) is 41.4 Å². The lowest BCUT2D eigenvalue weighted by Gasteiger charge is -2.40. The molecule has 3 aliphatic rings. The molecule has 2 aromatic rings. The minimum atomic E-state index is -4.25. The number of sulfonamides is 1. The van der Waals surface area contributed by atoms with Gasteiger partial charge in [-0.2, -0.15) is 8.42 Å². The van der Waals surface area contributed by atoms with Crippen LogP contribution in [0.1, 0.15) is 52.9 Å². The van der Waals surface area contributed by atoms with Crippen LogP contribution in [0.25, 0.3) is 0 Å². The average molecular weight is 563 g/mol. The van der Waals surface area contributed by atoms with Gasteiger partial charge in [-0.3, -0.25) is 4.79 Å². The van der Waals surface area contributed by atoms with Crippen LogP contribution in [0.4, 0.5) is 11.5 Å². The lowest BCUT2D eigenvalue weighted by molar-refractivity contribution is -0.127. The first-order valence-corrected chi connectivity index (χ1v) is 14.9. The Morgan fingerprint density at radius 2 is 1.82 bits per heavy atom. The molecule has 11 heteroatoms. The summed E-state index contributed by atoms with van der Waals surface area (Å²) < 4.78 is 34.8. The third kappa shape index (κ3) is 5.72. The zero-order valence-corrected chi connectivity index (χ0v) is 23.6. The lowest BCUT2D eigenvalue weighted by atomic mass is 9.84. The number of piperidine rings is 1. The number of aromatic nitrogens is 1. The first-order chi connectivity index (χ1) is 17.8. The molecule has 3 heterocycles. The number of anilines is 2. The molecule has 2 N–H and O–H groups in total. The Morgan fingerprint density at radius 1 is 1.05 bits per heavy atom. The SMILES string of the molecule is CC1(C)CCCN(c2ccc(Cl)cc2OC2(C(=O)NS(=O)(=O)c3cccc(N4CC[C@](C)(O)C4)n3)CC2)C1. The van der Waals surface area contributed by atoms with Crippen LogP contribution in [0.15, 0.2) is 41.4 Å². The van der Waals surface area contributed by atoms with Gasteiger partial charge in [0.2, 0.25) is 0 Å². The fourth-order valence-corrected chi connectivity index (χ4v) is 6.47. The number of carbonyl (C=O) groups excluding carboxylic acids is 1. The summed E-state index contributed by atoms with van der Waals surface area (Å²) >= 11 is 6.29. The molecule has 3 fully saturated rings. The van der Waals surface area contributed by atoms with Gasteiger partial charge in [0.25, 0.3) is 15.9 Å². The lowest BCUT2D eigenvalue weighted by Crippen LogP contribution is -2.44. The number of rotatable bonds is 7. The van der Waals surface area contributed by atoms with Gasteiger partial charge in [0.1, 0.15) is 11.6 Å². The third-order valence-electron chi connectivity index (χ3n) is 7.57. The molecule has 206 valence electrons. The van der Waals surface area contributed by atoms with E-state index >= 15 is 0 Å². The minimum absolute atomic E-state index is 0.143. The van der Waals surface area contributed by atoms with Gasteiger partial charge >= 0.3 is 0 Å². The number of amides is 1. The van der Waals surface area contributed by atoms with Gasteiger partial charge in [-0.15, -0.1) is 0 Å². The number of carbonyl (C=O) groups is 1. The normalized spacial score (nSPS) is 24.2. The van der Waals surface area contributed by atoms with E-state index in [4.69, 9.17) is 16.3 Å². The molecule has 1 atom stereocenters. The Hall–Kier alpha value is -2.56. The molecule has 2 aliphatic heterocycles. The molecule has 9 nitrogen and oxygen atoms in total. The molecule has 38 heavy (non-hydrogen) atoms.